The molecule has 1 atom stereocenters. The molecule has 0 radical (unpaired) electrons. The first-order chi connectivity index (χ1) is 15.5. The Morgan fingerprint density at radius 1 is 1.09 bits per heavy atom. The van der Waals surface area contributed by atoms with E-state index in [1.165, 1.54) is 0 Å². The Labute approximate surface area is 195 Å². The van der Waals surface area contributed by atoms with E-state index in [4.69, 9.17) is 27.9 Å². The minimum atomic E-state index is -0.177. The maximum Gasteiger partial charge on any atom is 0.251 e. The summed E-state index contributed by atoms with van der Waals surface area (Å²) in [6.45, 7) is 5.08. The lowest BCUT2D eigenvalue weighted by molar-refractivity contribution is 0.122. The molecule has 0 aliphatic carbocycles. The van der Waals surface area contributed by atoms with E-state index >= 15 is 0 Å². The predicted octanol–water partition coefficient (Wildman–Crippen LogP) is 5.14. The van der Waals surface area contributed by atoms with Crippen LogP contribution in [-0.4, -0.2) is 40.8 Å². The highest BCUT2D eigenvalue weighted by molar-refractivity contribution is 6.42. The zero-order valence-electron chi connectivity index (χ0n) is 17.5. The molecule has 0 saturated carbocycles. The van der Waals surface area contributed by atoms with Crippen molar-refractivity contribution < 1.29 is 4.74 Å². The van der Waals surface area contributed by atoms with E-state index < -0.39 is 0 Å². The number of aromatic amines is 1. The van der Waals surface area contributed by atoms with E-state index in [0.29, 0.717) is 23.3 Å². The van der Waals surface area contributed by atoms with Gasteiger partial charge < -0.3 is 19.2 Å². The van der Waals surface area contributed by atoms with Crippen molar-refractivity contribution in [3.63, 3.8) is 0 Å². The molecule has 3 aromatic heterocycles. The third-order valence-corrected chi connectivity index (χ3v) is 6.73. The molecule has 32 heavy (non-hydrogen) atoms. The first-order valence-electron chi connectivity index (χ1n) is 10.5. The van der Waals surface area contributed by atoms with Gasteiger partial charge >= 0.3 is 0 Å². The van der Waals surface area contributed by atoms with Crippen molar-refractivity contribution in [3.05, 3.63) is 81.0 Å². The van der Waals surface area contributed by atoms with Crippen LogP contribution in [0.5, 0.6) is 0 Å². The molecule has 1 aliphatic heterocycles. The predicted molar refractivity (Wildman–Crippen MR) is 129 cm³/mol. The number of halogens is 2. The van der Waals surface area contributed by atoms with E-state index in [-0.39, 0.29) is 11.6 Å². The quantitative estimate of drug-likeness (QED) is 0.450. The number of anilines is 1. The summed E-state index contributed by atoms with van der Waals surface area (Å²) in [4.78, 5) is 23.1. The summed E-state index contributed by atoms with van der Waals surface area (Å²) >= 11 is 12.2. The van der Waals surface area contributed by atoms with Crippen LogP contribution in [0, 0.1) is 0 Å². The fourth-order valence-corrected chi connectivity index (χ4v) is 4.44. The molecule has 0 spiro atoms. The molecule has 0 bridgehead atoms. The Kier molecular flexibility index (Phi) is 5.67. The number of pyridine rings is 2. The number of hydrogen-bond donors (Lipinski definition) is 1. The van der Waals surface area contributed by atoms with Crippen LogP contribution in [0.15, 0.2) is 59.8 Å². The van der Waals surface area contributed by atoms with Crippen LogP contribution >= 0.6 is 23.2 Å². The SMILES string of the molecule is CC(c1ccc(Cl)c(Cl)c1)n1ccc(-c2c[nH]c3ncc(N4CCOCC4)cc23)cc1=O. The van der Waals surface area contributed by atoms with Gasteiger partial charge in [0.25, 0.3) is 5.56 Å². The fourth-order valence-electron chi connectivity index (χ4n) is 4.14. The minimum Gasteiger partial charge on any atom is -0.378 e. The highest BCUT2D eigenvalue weighted by atomic mass is 35.5. The van der Waals surface area contributed by atoms with E-state index in [2.05, 4.69) is 20.9 Å². The van der Waals surface area contributed by atoms with Crippen LogP contribution in [0.3, 0.4) is 0 Å². The summed E-state index contributed by atoms with van der Waals surface area (Å²) in [5, 5.41) is 1.96. The number of H-pyrrole nitrogens is 1. The van der Waals surface area contributed by atoms with Crippen LogP contribution in [0.4, 0.5) is 5.69 Å². The zero-order valence-corrected chi connectivity index (χ0v) is 19.0. The van der Waals surface area contributed by atoms with Crippen molar-refractivity contribution in [2.75, 3.05) is 31.2 Å². The number of nitrogens with zero attached hydrogens (tertiary/aromatic N) is 3. The van der Waals surface area contributed by atoms with Gasteiger partial charge in [0.05, 0.1) is 41.2 Å². The number of fused-ring (bicyclic) bond motifs is 1. The minimum absolute atomic E-state index is 0.0901. The normalized spacial score (nSPS) is 15.3. The molecule has 1 unspecified atom stereocenters. The molecule has 8 heteroatoms. The summed E-state index contributed by atoms with van der Waals surface area (Å²) in [5.74, 6) is 0. The Bertz CT molecular complexity index is 1340. The molecule has 1 aromatic carbocycles. The lowest BCUT2D eigenvalue weighted by atomic mass is 10.1. The van der Waals surface area contributed by atoms with Gasteiger partial charge in [-0.15, -0.1) is 0 Å². The first kappa shape index (κ1) is 21.1. The number of aromatic nitrogens is 3. The van der Waals surface area contributed by atoms with Crippen molar-refractivity contribution in [2.24, 2.45) is 0 Å². The van der Waals surface area contributed by atoms with Crippen LogP contribution in [-0.2, 0) is 4.74 Å². The van der Waals surface area contributed by atoms with Crippen LogP contribution in [0.25, 0.3) is 22.2 Å². The molecule has 1 aliphatic rings. The zero-order chi connectivity index (χ0) is 22.2. The van der Waals surface area contributed by atoms with Gasteiger partial charge in [-0.05, 0) is 42.3 Å². The molecule has 164 valence electrons. The largest absolute Gasteiger partial charge is 0.378 e. The van der Waals surface area contributed by atoms with Crippen molar-refractivity contribution >= 4 is 39.9 Å². The fraction of sp³-hybridized carbons (Fsp3) is 0.250. The average Bonchev–Trinajstić information content (AvgIpc) is 3.24. The van der Waals surface area contributed by atoms with Crippen molar-refractivity contribution in [1.29, 1.82) is 0 Å². The highest BCUT2D eigenvalue weighted by Crippen LogP contribution is 2.31. The average molecular weight is 469 g/mol. The molecule has 6 nitrogen and oxygen atoms in total. The maximum atomic E-state index is 13.0. The lowest BCUT2D eigenvalue weighted by Crippen LogP contribution is -2.36. The number of benzene rings is 1. The van der Waals surface area contributed by atoms with Gasteiger partial charge in [-0.1, -0.05) is 29.3 Å². The molecule has 4 heterocycles. The van der Waals surface area contributed by atoms with Crippen LogP contribution in [0.2, 0.25) is 10.0 Å². The molecule has 1 saturated heterocycles. The summed E-state index contributed by atoms with van der Waals surface area (Å²) in [7, 11) is 0. The number of nitrogens with one attached hydrogen (secondary N) is 1. The van der Waals surface area contributed by atoms with Gasteiger partial charge in [0.2, 0.25) is 0 Å². The molecule has 1 N–H and O–H groups in total. The van der Waals surface area contributed by atoms with E-state index in [0.717, 1.165) is 46.5 Å². The van der Waals surface area contributed by atoms with Gasteiger partial charge in [0.15, 0.2) is 0 Å². The highest BCUT2D eigenvalue weighted by Gasteiger charge is 2.16. The molecular weight excluding hydrogens is 447 g/mol. The standard InChI is InChI=1S/C24H22Cl2N4O2/c1-15(16-2-3-21(25)22(26)10-16)30-5-4-17(11-23(30)31)20-14-28-24-19(20)12-18(13-27-24)29-6-8-32-9-7-29/h2-5,10-15H,6-9H2,1H3,(H,27,28). The molecule has 5 rings (SSSR count). The summed E-state index contributed by atoms with van der Waals surface area (Å²) in [6, 6.07) is 11.0. The number of hydrogen-bond acceptors (Lipinski definition) is 4. The van der Waals surface area contributed by atoms with Crippen molar-refractivity contribution in [3.8, 4) is 11.1 Å². The Hall–Kier alpha value is -2.80. The Morgan fingerprint density at radius 3 is 2.66 bits per heavy atom. The Balaban J connectivity index is 1.49. The first-order valence-corrected chi connectivity index (χ1v) is 11.2. The van der Waals surface area contributed by atoms with Crippen LogP contribution < -0.4 is 10.5 Å². The Morgan fingerprint density at radius 2 is 1.91 bits per heavy atom. The number of morpholine rings is 1. The van der Waals surface area contributed by atoms with E-state index in [9.17, 15) is 4.79 Å². The maximum absolute atomic E-state index is 13.0. The van der Waals surface area contributed by atoms with Gasteiger partial charge in [-0.25, -0.2) is 4.98 Å². The third-order valence-electron chi connectivity index (χ3n) is 6.00. The van der Waals surface area contributed by atoms with Crippen molar-refractivity contribution in [1.82, 2.24) is 14.5 Å². The monoisotopic (exact) mass is 468 g/mol. The number of rotatable bonds is 4. The van der Waals surface area contributed by atoms with Gasteiger partial charge in [-0.2, -0.15) is 0 Å². The topological polar surface area (TPSA) is 63.1 Å². The third kappa shape index (κ3) is 3.90. The van der Waals surface area contributed by atoms with E-state index in [1.807, 2.05) is 37.6 Å². The van der Waals surface area contributed by atoms with Gasteiger partial charge in [0, 0.05) is 42.5 Å². The number of ether oxygens (including phenoxy) is 1. The second-order valence-corrected chi connectivity index (χ2v) is 8.72. The molecule has 0 amide bonds. The second-order valence-electron chi connectivity index (χ2n) is 7.90. The molecule has 1 fully saturated rings. The van der Waals surface area contributed by atoms with Crippen LogP contribution in [0.1, 0.15) is 18.5 Å². The second kappa shape index (κ2) is 8.62. The van der Waals surface area contributed by atoms with Crippen molar-refractivity contribution in [2.45, 2.75) is 13.0 Å². The molecular formula is C24H22Cl2N4O2. The van der Waals surface area contributed by atoms with Gasteiger partial charge in [0.1, 0.15) is 5.65 Å². The summed E-state index contributed by atoms with van der Waals surface area (Å²) < 4.78 is 7.15. The molecule has 4 aromatic rings. The summed E-state index contributed by atoms with van der Waals surface area (Å²) in [6.07, 6.45) is 5.61. The van der Waals surface area contributed by atoms with Gasteiger partial charge in [-0.3, -0.25) is 4.79 Å². The summed E-state index contributed by atoms with van der Waals surface area (Å²) in [5.41, 5.74) is 4.48. The smallest absolute Gasteiger partial charge is 0.251 e. The lowest BCUT2D eigenvalue weighted by Gasteiger charge is -2.28. The van der Waals surface area contributed by atoms with E-state index in [1.54, 1.807) is 22.8 Å².